The van der Waals surface area contributed by atoms with Crippen molar-refractivity contribution in [3.8, 4) is 0 Å². The van der Waals surface area contributed by atoms with Crippen molar-refractivity contribution in [2.24, 2.45) is 0 Å². The first-order chi connectivity index (χ1) is 9.08. The van der Waals surface area contributed by atoms with E-state index < -0.39 is 5.97 Å². The van der Waals surface area contributed by atoms with Crippen LogP contribution in [0.15, 0.2) is 41.6 Å². The molecule has 0 radical (unpaired) electrons. The molecule has 6 heteroatoms. The molecule has 0 aliphatic rings. The summed E-state index contributed by atoms with van der Waals surface area (Å²) in [6, 6.07) is 8.81. The lowest BCUT2D eigenvalue weighted by molar-refractivity contribution is 0.0696. The lowest BCUT2D eigenvalue weighted by Crippen LogP contribution is -1.99. The van der Waals surface area contributed by atoms with Gasteiger partial charge in [-0.2, -0.15) is 0 Å². The van der Waals surface area contributed by atoms with E-state index in [-0.39, 0.29) is 10.6 Å². The fraction of sp³-hybridized carbons (Fsp3) is 0.0769. The molecule has 0 aliphatic heterocycles. The lowest BCUT2D eigenvalue weighted by atomic mass is 10.2. The van der Waals surface area contributed by atoms with Crippen LogP contribution < -0.4 is 0 Å². The molecule has 98 valence electrons. The first-order valence-corrected chi connectivity index (χ1v) is 7.07. The molecule has 0 saturated carbocycles. The average Bonchev–Trinajstić information content (AvgIpc) is 2.39. The molecule has 0 saturated heterocycles. The number of carboxylic acids is 1. The van der Waals surface area contributed by atoms with Gasteiger partial charge in [-0.05, 0) is 23.8 Å². The smallest absolute Gasteiger partial charge is 0.337 e. The maximum Gasteiger partial charge on any atom is 0.337 e. The van der Waals surface area contributed by atoms with Crippen LogP contribution in [-0.2, 0) is 5.75 Å². The molecule has 0 spiro atoms. The normalized spacial score (nSPS) is 10.4. The van der Waals surface area contributed by atoms with E-state index in [9.17, 15) is 4.79 Å². The van der Waals surface area contributed by atoms with Crippen LogP contribution in [0, 0.1) is 0 Å². The molecule has 19 heavy (non-hydrogen) atoms. The first kappa shape index (κ1) is 14.2. The zero-order chi connectivity index (χ0) is 13.8. The van der Waals surface area contributed by atoms with Gasteiger partial charge in [-0.3, -0.25) is 0 Å². The Morgan fingerprint density at radius 3 is 2.53 bits per heavy atom. The topological polar surface area (TPSA) is 50.2 Å². The number of halogens is 2. The molecular formula is C13H9Cl2NO2S. The van der Waals surface area contributed by atoms with Crippen molar-refractivity contribution in [1.29, 1.82) is 0 Å². The highest BCUT2D eigenvalue weighted by atomic mass is 35.5. The van der Waals surface area contributed by atoms with Gasteiger partial charge in [-0.1, -0.05) is 35.3 Å². The van der Waals surface area contributed by atoms with Crippen LogP contribution in [-0.4, -0.2) is 16.1 Å². The molecule has 1 heterocycles. The van der Waals surface area contributed by atoms with Crippen LogP contribution in [0.4, 0.5) is 0 Å². The molecule has 0 fully saturated rings. The first-order valence-electron chi connectivity index (χ1n) is 5.33. The molecule has 1 N–H and O–H groups in total. The zero-order valence-corrected chi connectivity index (χ0v) is 12.0. The molecule has 0 bridgehead atoms. The molecule has 0 unspecified atom stereocenters. The minimum absolute atomic E-state index is 0.0651. The van der Waals surface area contributed by atoms with Gasteiger partial charge in [0.2, 0.25) is 0 Å². The molecule has 2 aromatic rings. The summed E-state index contributed by atoms with van der Waals surface area (Å²) in [5.74, 6) is -0.409. The van der Waals surface area contributed by atoms with Crippen LogP contribution in [0.5, 0.6) is 0 Å². The van der Waals surface area contributed by atoms with Crippen LogP contribution in [0.3, 0.4) is 0 Å². The molecule has 2 rings (SSSR count). The van der Waals surface area contributed by atoms with Gasteiger partial charge in [-0.15, -0.1) is 11.8 Å². The summed E-state index contributed by atoms with van der Waals surface area (Å²) in [5.41, 5.74) is 1.13. The van der Waals surface area contributed by atoms with Crippen LogP contribution in [0.1, 0.15) is 15.9 Å². The van der Waals surface area contributed by atoms with E-state index in [0.717, 1.165) is 5.56 Å². The number of thioether (sulfide) groups is 1. The maximum atomic E-state index is 10.9. The van der Waals surface area contributed by atoms with Crippen LogP contribution >= 0.6 is 35.0 Å². The van der Waals surface area contributed by atoms with E-state index in [0.29, 0.717) is 15.8 Å². The van der Waals surface area contributed by atoms with Crippen molar-refractivity contribution in [1.82, 2.24) is 4.98 Å². The Morgan fingerprint density at radius 2 is 1.89 bits per heavy atom. The number of benzene rings is 1. The summed E-state index contributed by atoms with van der Waals surface area (Å²) in [5, 5.41) is 10.3. The molecule has 0 atom stereocenters. The van der Waals surface area contributed by atoms with Gasteiger partial charge >= 0.3 is 5.97 Å². The van der Waals surface area contributed by atoms with Crippen molar-refractivity contribution in [3.63, 3.8) is 0 Å². The van der Waals surface area contributed by atoms with Gasteiger partial charge in [0.15, 0.2) is 0 Å². The number of aromatic nitrogens is 1. The second kappa shape index (κ2) is 6.28. The highest BCUT2D eigenvalue weighted by Crippen LogP contribution is 2.30. The summed E-state index contributed by atoms with van der Waals surface area (Å²) >= 11 is 13.2. The standard InChI is InChI=1S/C13H9Cl2NO2S/c14-9-3-1-8(2-4-9)7-19-12-11(15)10(13(17)18)5-6-16-12/h1-6H,7H2,(H,17,18). The van der Waals surface area contributed by atoms with E-state index in [1.165, 1.54) is 24.0 Å². The Hall–Kier alpha value is -1.23. The van der Waals surface area contributed by atoms with Crippen molar-refractivity contribution >= 4 is 40.9 Å². The number of carboxylic acid groups (broad SMARTS) is 1. The van der Waals surface area contributed by atoms with E-state index in [2.05, 4.69) is 4.98 Å². The van der Waals surface area contributed by atoms with Gasteiger partial charge in [0.1, 0.15) is 5.03 Å². The number of hydrogen-bond donors (Lipinski definition) is 1. The third-order valence-electron chi connectivity index (χ3n) is 2.38. The summed E-state index contributed by atoms with van der Waals surface area (Å²) in [6.45, 7) is 0. The number of hydrogen-bond acceptors (Lipinski definition) is 3. The van der Waals surface area contributed by atoms with Crippen molar-refractivity contribution in [2.75, 3.05) is 0 Å². The molecule has 0 amide bonds. The largest absolute Gasteiger partial charge is 0.478 e. The minimum Gasteiger partial charge on any atom is -0.478 e. The monoisotopic (exact) mass is 313 g/mol. The van der Waals surface area contributed by atoms with E-state index in [1.807, 2.05) is 12.1 Å². The summed E-state index contributed by atoms with van der Waals surface area (Å²) in [7, 11) is 0. The van der Waals surface area contributed by atoms with E-state index in [4.69, 9.17) is 28.3 Å². The average molecular weight is 314 g/mol. The Morgan fingerprint density at radius 1 is 1.21 bits per heavy atom. The highest BCUT2D eigenvalue weighted by molar-refractivity contribution is 7.98. The second-order valence-corrected chi connectivity index (χ2v) is 5.48. The van der Waals surface area contributed by atoms with Gasteiger partial charge in [0.25, 0.3) is 0 Å². The Balaban J connectivity index is 2.13. The highest BCUT2D eigenvalue weighted by Gasteiger charge is 2.13. The number of aromatic carboxylic acids is 1. The zero-order valence-electron chi connectivity index (χ0n) is 9.64. The molecule has 3 nitrogen and oxygen atoms in total. The van der Waals surface area contributed by atoms with Gasteiger partial charge in [-0.25, -0.2) is 9.78 Å². The Bertz CT molecular complexity index is 602. The Kier molecular flexibility index (Phi) is 4.69. The molecule has 0 aliphatic carbocycles. The fourth-order valence-corrected chi connectivity index (χ4v) is 2.77. The van der Waals surface area contributed by atoms with Gasteiger partial charge < -0.3 is 5.11 Å². The van der Waals surface area contributed by atoms with Gasteiger partial charge in [0.05, 0.1) is 10.6 Å². The number of rotatable bonds is 4. The summed E-state index contributed by atoms with van der Waals surface area (Å²) in [4.78, 5) is 15.0. The minimum atomic E-state index is -1.05. The maximum absolute atomic E-state index is 10.9. The lowest BCUT2D eigenvalue weighted by Gasteiger charge is -2.05. The van der Waals surface area contributed by atoms with Crippen LogP contribution in [0.2, 0.25) is 10.0 Å². The number of carbonyl (C=O) groups is 1. The Labute approximate surface area is 124 Å². The van der Waals surface area contributed by atoms with E-state index >= 15 is 0 Å². The molecular weight excluding hydrogens is 305 g/mol. The SMILES string of the molecule is O=C(O)c1ccnc(SCc2ccc(Cl)cc2)c1Cl. The molecule has 1 aromatic heterocycles. The summed E-state index contributed by atoms with van der Waals surface area (Å²) < 4.78 is 0. The van der Waals surface area contributed by atoms with Crippen molar-refractivity contribution in [3.05, 3.63) is 57.7 Å². The predicted molar refractivity (Wildman–Crippen MR) is 77.2 cm³/mol. The van der Waals surface area contributed by atoms with Crippen LogP contribution in [0.25, 0.3) is 0 Å². The number of nitrogens with zero attached hydrogens (tertiary/aromatic N) is 1. The third-order valence-corrected chi connectivity index (χ3v) is 4.18. The van der Waals surface area contributed by atoms with Crippen molar-refractivity contribution < 1.29 is 9.90 Å². The third kappa shape index (κ3) is 3.62. The second-order valence-electron chi connectivity index (χ2n) is 3.70. The predicted octanol–water partition coefficient (Wildman–Crippen LogP) is 4.38. The quantitative estimate of drug-likeness (QED) is 0.851. The van der Waals surface area contributed by atoms with E-state index in [1.54, 1.807) is 12.1 Å². The van der Waals surface area contributed by atoms with Crippen molar-refractivity contribution in [2.45, 2.75) is 10.8 Å². The number of pyridine rings is 1. The summed E-state index contributed by atoms with van der Waals surface area (Å²) in [6.07, 6.45) is 1.44. The van der Waals surface area contributed by atoms with Gasteiger partial charge in [0, 0.05) is 17.0 Å². The fourth-order valence-electron chi connectivity index (χ4n) is 1.42. The molecule has 1 aromatic carbocycles.